The molecule has 0 aliphatic rings. The Balaban J connectivity index is 3.99. The van der Waals surface area contributed by atoms with Gasteiger partial charge in [-0.1, -0.05) is 20.3 Å². The van der Waals surface area contributed by atoms with Crippen LogP contribution in [-0.2, 0) is 0 Å². The molecule has 0 aliphatic heterocycles. The van der Waals surface area contributed by atoms with E-state index in [2.05, 4.69) is 32.7 Å². The minimum atomic E-state index is -0.190. The zero-order valence-corrected chi connectivity index (χ0v) is 9.75. The summed E-state index contributed by atoms with van der Waals surface area (Å²) in [6.07, 6.45) is 3.06. The maximum atomic E-state index is 9.67. The van der Waals surface area contributed by atoms with E-state index in [9.17, 15) is 5.11 Å². The lowest BCUT2D eigenvalue weighted by atomic mass is 10.1. The van der Waals surface area contributed by atoms with E-state index in [1.54, 1.807) is 0 Å². The molecule has 0 aromatic rings. The summed E-state index contributed by atoms with van der Waals surface area (Å²) >= 11 is 0. The summed E-state index contributed by atoms with van der Waals surface area (Å²) < 4.78 is 0. The van der Waals surface area contributed by atoms with Gasteiger partial charge in [-0.05, 0) is 33.7 Å². The first-order valence-corrected chi connectivity index (χ1v) is 5.44. The number of nitrogens with zero attached hydrogens (tertiary/aromatic N) is 1. The molecule has 1 N–H and O–H groups in total. The van der Waals surface area contributed by atoms with Crippen LogP contribution in [-0.4, -0.2) is 35.2 Å². The lowest BCUT2D eigenvalue weighted by Gasteiger charge is -2.33. The molecule has 13 heavy (non-hydrogen) atoms. The van der Waals surface area contributed by atoms with Crippen molar-refractivity contribution in [3.8, 4) is 0 Å². The summed E-state index contributed by atoms with van der Waals surface area (Å²) in [5, 5.41) is 9.67. The van der Waals surface area contributed by atoms with Crippen molar-refractivity contribution in [3.05, 3.63) is 0 Å². The Labute approximate surface area is 82.9 Å². The molecule has 0 radical (unpaired) electrons. The van der Waals surface area contributed by atoms with Crippen LogP contribution in [0.2, 0.25) is 0 Å². The van der Waals surface area contributed by atoms with Crippen LogP contribution in [0.4, 0.5) is 0 Å². The molecule has 0 aromatic carbocycles. The predicted octanol–water partition coefficient (Wildman–Crippen LogP) is 2.27. The monoisotopic (exact) mass is 187 g/mol. The molecule has 0 rings (SSSR count). The Morgan fingerprint density at radius 1 is 1.23 bits per heavy atom. The minimum absolute atomic E-state index is 0.190. The molecule has 2 nitrogen and oxygen atoms in total. The van der Waals surface area contributed by atoms with Crippen molar-refractivity contribution in [2.24, 2.45) is 0 Å². The van der Waals surface area contributed by atoms with Gasteiger partial charge in [-0.25, -0.2) is 0 Å². The maximum Gasteiger partial charge on any atom is 0.0690 e. The molecule has 80 valence electrons. The Morgan fingerprint density at radius 2 is 1.77 bits per heavy atom. The molecule has 0 heterocycles. The second-order valence-electron chi connectivity index (χ2n) is 4.02. The van der Waals surface area contributed by atoms with Gasteiger partial charge >= 0.3 is 0 Å². The maximum absolute atomic E-state index is 9.67. The molecule has 3 unspecified atom stereocenters. The number of aliphatic hydroxyl groups excluding tert-OH is 1. The van der Waals surface area contributed by atoms with Crippen molar-refractivity contribution >= 4 is 0 Å². The molecule has 0 saturated carbocycles. The van der Waals surface area contributed by atoms with Crippen LogP contribution in [0, 0.1) is 0 Å². The Morgan fingerprint density at radius 3 is 2.15 bits per heavy atom. The first-order valence-electron chi connectivity index (χ1n) is 5.44. The summed E-state index contributed by atoms with van der Waals surface area (Å²) in [6.45, 7) is 8.55. The molecule has 0 fully saturated rings. The van der Waals surface area contributed by atoms with E-state index < -0.39 is 0 Å². The largest absolute Gasteiger partial charge is 0.392 e. The zero-order chi connectivity index (χ0) is 10.4. The molecule has 0 bridgehead atoms. The molecular weight excluding hydrogens is 162 g/mol. The fraction of sp³-hybridized carbons (Fsp3) is 1.00. The highest BCUT2D eigenvalue weighted by atomic mass is 16.3. The van der Waals surface area contributed by atoms with Crippen LogP contribution in [0.5, 0.6) is 0 Å². The van der Waals surface area contributed by atoms with Gasteiger partial charge in [-0.3, -0.25) is 4.90 Å². The van der Waals surface area contributed by atoms with Crippen LogP contribution < -0.4 is 0 Å². The minimum Gasteiger partial charge on any atom is -0.392 e. The normalized spacial score (nSPS) is 18.7. The Kier molecular flexibility index (Phi) is 6.35. The van der Waals surface area contributed by atoms with E-state index in [1.807, 2.05) is 6.92 Å². The van der Waals surface area contributed by atoms with Gasteiger partial charge in [0.1, 0.15) is 0 Å². The molecule has 3 atom stereocenters. The average molecular weight is 187 g/mol. The van der Waals surface area contributed by atoms with E-state index in [0.717, 1.165) is 6.42 Å². The van der Waals surface area contributed by atoms with Crippen LogP contribution in [0.15, 0.2) is 0 Å². The van der Waals surface area contributed by atoms with Crippen LogP contribution in [0.25, 0.3) is 0 Å². The van der Waals surface area contributed by atoms with E-state index >= 15 is 0 Å². The van der Waals surface area contributed by atoms with Crippen molar-refractivity contribution in [2.75, 3.05) is 7.05 Å². The molecular formula is C11H25NO. The number of aliphatic hydroxyl groups is 1. The number of rotatable bonds is 6. The smallest absolute Gasteiger partial charge is 0.0690 e. The number of hydrogen-bond acceptors (Lipinski definition) is 2. The molecule has 0 amide bonds. The fourth-order valence-corrected chi connectivity index (χ4v) is 1.64. The van der Waals surface area contributed by atoms with E-state index in [-0.39, 0.29) is 12.1 Å². The van der Waals surface area contributed by atoms with Crippen molar-refractivity contribution in [1.82, 2.24) is 4.90 Å². The van der Waals surface area contributed by atoms with E-state index in [4.69, 9.17) is 0 Å². The van der Waals surface area contributed by atoms with Gasteiger partial charge in [0.25, 0.3) is 0 Å². The Hall–Kier alpha value is -0.0800. The summed E-state index contributed by atoms with van der Waals surface area (Å²) in [7, 11) is 2.10. The van der Waals surface area contributed by atoms with Gasteiger partial charge in [0.05, 0.1) is 6.10 Å². The topological polar surface area (TPSA) is 23.5 Å². The third-order valence-electron chi connectivity index (χ3n) is 3.02. The summed E-state index contributed by atoms with van der Waals surface area (Å²) in [4.78, 5) is 2.28. The quantitative estimate of drug-likeness (QED) is 0.689. The third-order valence-corrected chi connectivity index (χ3v) is 3.02. The van der Waals surface area contributed by atoms with Crippen molar-refractivity contribution in [3.63, 3.8) is 0 Å². The molecule has 2 heteroatoms. The fourth-order valence-electron chi connectivity index (χ4n) is 1.64. The van der Waals surface area contributed by atoms with Gasteiger partial charge < -0.3 is 5.11 Å². The lowest BCUT2D eigenvalue weighted by Crippen LogP contribution is -2.43. The lowest BCUT2D eigenvalue weighted by molar-refractivity contribution is 0.0493. The van der Waals surface area contributed by atoms with Gasteiger partial charge in [0, 0.05) is 12.1 Å². The SMILES string of the molecule is CCCC(C)N(C)C(C)C(O)CC. The van der Waals surface area contributed by atoms with Crippen LogP contribution >= 0.6 is 0 Å². The van der Waals surface area contributed by atoms with Gasteiger partial charge in [-0.2, -0.15) is 0 Å². The molecule has 0 saturated heterocycles. The zero-order valence-electron chi connectivity index (χ0n) is 9.75. The highest BCUT2D eigenvalue weighted by Gasteiger charge is 2.20. The molecule has 0 aliphatic carbocycles. The number of likely N-dealkylation sites (N-methyl/N-ethyl adjacent to an activating group) is 1. The van der Waals surface area contributed by atoms with E-state index in [1.165, 1.54) is 12.8 Å². The van der Waals surface area contributed by atoms with Crippen LogP contribution in [0.3, 0.4) is 0 Å². The van der Waals surface area contributed by atoms with Crippen molar-refractivity contribution in [1.29, 1.82) is 0 Å². The van der Waals surface area contributed by atoms with Gasteiger partial charge in [0.2, 0.25) is 0 Å². The number of hydrogen-bond donors (Lipinski definition) is 1. The van der Waals surface area contributed by atoms with Crippen LogP contribution in [0.1, 0.15) is 47.0 Å². The first kappa shape index (κ1) is 12.9. The van der Waals surface area contributed by atoms with E-state index in [0.29, 0.717) is 6.04 Å². The first-order chi connectivity index (χ1) is 6.04. The van der Waals surface area contributed by atoms with Crippen molar-refractivity contribution in [2.45, 2.75) is 65.1 Å². The highest BCUT2D eigenvalue weighted by Crippen LogP contribution is 2.12. The molecule has 0 aromatic heterocycles. The average Bonchev–Trinajstić information content (AvgIpc) is 2.14. The summed E-state index contributed by atoms with van der Waals surface area (Å²) in [5.74, 6) is 0. The second kappa shape index (κ2) is 6.39. The predicted molar refractivity (Wildman–Crippen MR) is 57.9 cm³/mol. The standard InChI is InChI=1S/C11H25NO/c1-6-8-9(3)12(5)10(4)11(13)7-2/h9-11,13H,6-8H2,1-5H3. The summed E-state index contributed by atoms with van der Waals surface area (Å²) in [5.41, 5.74) is 0. The summed E-state index contributed by atoms with van der Waals surface area (Å²) in [6, 6.07) is 0.841. The third kappa shape index (κ3) is 4.10. The second-order valence-corrected chi connectivity index (χ2v) is 4.02. The Bertz CT molecular complexity index is 127. The molecule has 0 spiro atoms. The van der Waals surface area contributed by atoms with Gasteiger partial charge in [-0.15, -0.1) is 0 Å². The van der Waals surface area contributed by atoms with Gasteiger partial charge in [0.15, 0.2) is 0 Å². The van der Waals surface area contributed by atoms with Crippen molar-refractivity contribution < 1.29 is 5.11 Å². The highest BCUT2D eigenvalue weighted by molar-refractivity contribution is 4.75.